The van der Waals surface area contributed by atoms with E-state index in [-0.39, 0.29) is 5.38 Å². The molecule has 0 amide bonds. The largest absolute Gasteiger partial charge is 0.478 e. The first kappa shape index (κ1) is 19.5. The molecular formula is C16H19Cl2NO4. The molecule has 3 atom stereocenters. The molecular weight excluding hydrogens is 341 g/mol. The zero-order chi connectivity index (χ0) is 17.4. The van der Waals surface area contributed by atoms with Crippen molar-refractivity contribution in [1.29, 1.82) is 0 Å². The molecule has 1 fully saturated rings. The molecule has 1 aromatic rings. The molecule has 1 saturated heterocycles. The summed E-state index contributed by atoms with van der Waals surface area (Å²) in [6.07, 6.45) is 3.13. The van der Waals surface area contributed by atoms with Gasteiger partial charge in [0.15, 0.2) is 0 Å². The first-order chi connectivity index (χ1) is 10.8. The van der Waals surface area contributed by atoms with Crippen molar-refractivity contribution in [3.05, 3.63) is 47.0 Å². The molecule has 0 aliphatic carbocycles. The van der Waals surface area contributed by atoms with Crippen LogP contribution in [0, 0.1) is 0 Å². The van der Waals surface area contributed by atoms with Gasteiger partial charge >= 0.3 is 11.9 Å². The Bertz CT molecular complexity index is 551. The predicted molar refractivity (Wildman–Crippen MR) is 90.1 cm³/mol. The van der Waals surface area contributed by atoms with E-state index in [0.717, 1.165) is 17.9 Å². The number of carboxylic acid groups (broad SMARTS) is 2. The summed E-state index contributed by atoms with van der Waals surface area (Å²) in [5, 5.41) is 20.2. The summed E-state index contributed by atoms with van der Waals surface area (Å²) >= 11 is 12.2. The van der Waals surface area contributed by atoms with Gasteiger partial charge in [0, 0.05) is 34.6 Å². The van der Waals surface area contributed by atoms with E-state index in [1.165, 1.54) is 5.56 Å². The number of hydrogen-bond donors (Lipinski definition) is 3. The summed E-state index contributed by atoms with van der Waals surface area (Å²) in [5.41, 5.74) is 1.24. The second-order valence-electron chi connectivity index (χ2n) is 5.25. The summed E-state index contributed by atoms with van der Waals surface area (Å²) < 4.78 is 0. The maximum Gasteiger partial charge on any atom is 0.328 e. The van der Waals surface area contributed by atoms with E-state index < -0.39 is 11.9 Å². The van der Waals surface area contributed by atoms with Gasteiger partial charge in [-0.2, -0.15) is 0 Å². The van der Waals surface area contributed by atoms with E-state index in [2.05, 4.69) is 18.3 Å². The second-order valence-corrected chi connectivity index (χ2v) is 6.31. The van der Waals surface area contributed by atoms with Crippen molar-refractivity contribution in [2.45, 2.75) is 37.2 Å². The van der Waals surface area contributed by atoms with Crippen LogP contribution in [0.25, 0.3) is 0 Å². The third-order valence-electron chi connectivity index (χ3n) is 3.21. The lowest BCUT2D eigenvalue weighted by molar-refractivity contribution is -0.134. The van der Waals surface area contributed by atoms with E-state index in [9.17, 15) is 9.59 Å². The molecule has 0 aromatic heterocycles. The van der Waals surface area contributed by atoms with Crippen molar-refractivity contribution in [1.82, 2.24) is 5.32 Å². The average Bonchev–Trinajstić information content (AvgIpc) is 2.45. The van der Waals surface area contributed by atoms with Gasteiger partial charge < -0.3 is 15.5 Å². The molecule has 1 aromatic carbocycles. The molecule has 2 rings (SSSR count). The molecule has 3 unspecified atom stereocenters. The molecule has 126 valence electrons. The standard InChI is InChI=1S/C12H15Cl2N.C4H4O4/c1-8-5-11(14)7-12(15-8)9-3-2-4-10(13)6-9;5-3(6)1-2-4(7)8/h2-4,6,8,11-12,15H,5,7H2,1H3;1-2H,(H,5,6)(H,7,8)/b;2-1+. The number of aliphatic carboxylic acids is 2. The van der Waals surface area contributed by atoms with Gasteiger partial charge in [-0.1, -0.05) is 23.7 Å². The number of alkyl halides is 1. The molecule has 23 heavy (non-hydrogen) atoms. The minimum atomic E-state index is -1.26. The van der Waals surface area contributed by atoms with Crippen molar-refractivity contribution in [2.24, 2.45) is 0 Å². The van der Waals surface area contributed by atoms with Gasteiger partial charge in [0.2, 0.25) is 0 Å². The van der Waals surface area contributed by atoms with Crippen molar-refractivity contribution >= 4 is 35.1 Å². The zero-order valence-electron chi connectivity index (χ0n) is 12.6. The predicted octanol–water partition coefficient (Wildman–Crippen LogP) is 3.47. The lowest BCUT2D eigenvalue weighted by Crippen LogP contribution is -2.39. The Morgan fingerprint density at radius 2 is 1.83 bits per heavy atom. The van der Waals surface area contributed by atoms with Crippen LogP contribution in [0.5, 0.6) is 0 Å². The van der Waals surface area contributed by atoms with E-state index in [1.807, 2.05) is 18.2 Å². The van der Waals surface area contributed by atoms with Gasteiger partial charge in [0.05, 0.1) is 0 Å². The quantitative estimate of drug-likeness (QED) is 0.568. The van der Waals surface area contributed by atoms with Crippen molar-refractivity contribution < 1.29 is 19.8 Å². The third-order valence-corrected chi connectivity index (χ3v) is 3.80. The van der Waals surface area contributed by atoms with Crippen LogP contribution in [-0.2, 0) is 9.59 Å². The highest BCUT2D eigenvalue weighted by Crippen LogP contribution is 2.29. The second kappa shape index (κ2) is 9.55. The van der Waals surface area contributed by atoms with E-state index in [1.54, 1.807) is 0 Å². The average molecular weight is 360 g/mol. The maximum atomic E-state index is 9.55. The van der Waals surface area contributed by atoms with Crippen molar-refractivity contribution in [2.75, 3.05) is 0 Å². The minimum Gasteiger partial charge on any atom is -0.478 e. The summed E-state index contributed by atoms with van der Waals surface area (Å²) in [4.78, 5) is 19.1. The normalized spacial score (nSPS) is 23.9. The van der Waals surface area contributed by atoms with Crippen LogP contribution in [0.1, 0.15) is 31.4 Å². The van der Waals surface area contributed by atoms with Crippen LogP contribution >= 0.6 is 23.2 Å². The summed E-state index contributed by atoms with van der Waals surface area (Å²) in [5.74, 6) is -2.51. The van der Waals surface area contributed by atoms with Gasteiger partial charge in [0.25, 0.3) is 0 Å². The van der Waals surface area contributed by atoms with E-state index >= 15 is 0 Å². The fourth-order valence-corrected chi connectivity index (χ4v) is 2.96. The molecule has 0 radical (unpaired) electrons. The number of nitrogens with one attached hydrogen (secondary N) is 1. The Kier molecular flexibility index (Phi) is 8.09. The van der Waals surface area contributed by atoms with Crippen molar-refractivity contribution in [3.63, 3.8) is 0 Å². The number of carboxylic acids is 2. The van der Waals surface area contributed by atoms with Crippen LogP contribution < -0.4 is 5.32 Å². The smallest absolute Gasteiger partial charge is 0.328 e. The van der Waals surface area contributed by atoms with Gasteiger partial charge in [-0.15, -0.1) is 11.6 Å². The SMILES string of the molecule is CC1CC(Cl)CC(c2cccc(Cl)c2)N1.O=C(O)/C=C/C(=O)O. The minimum absolute atomic E-state index is 0.269. The fourth-order valence-electron chi connectivity index (χ4n) is 2.31. The van der Waals surface area contributed by atoms with Crippen molar-refractivity contribution in [3.8, 4) is 0 Å². The monoisotopic (exact) mass is 359 g/mol. The number of hydrogen-bond acceptors (Lipinski definition) is 3. The number of benzene rings is 1. The van der Waals surface area contributed by atoms with Crippen LogP contribution in [-0.4, -0.2) is 33.6 Å². The lowest BCUT2D eigenvalue weighted by atomic mass is 9.94. The van der Waals surface area contributed by atoms with E-state index in [0.29, 0.717) is 24.2 Å². The topological polar surface area (TPSA) is 86.6 Å². The molecule has 1 heterocycles. The van der Waals surface area contributed by atoms with Gasteiger partial charge in [-0.3, -0.25) is 0 Å². The highest BCUT2D eigenvalue weighted by molar-refractivity contribution is 6.30. The fraction of sp³-hybridized carbons (Fsp3) is 0.375. The Balaban J connectivity index is 0.000000284. The molecule has 0 spiro atoms. The highest BCUT2D eigenvalue weighted by atomic mass is 35.5. The lowest BCUT2D eigenvalue weighted by Gasteiger charge is -2.32. The number of piperidine rings is 1. The summed E-state index contributed by atoms with van der Waals surface area (Å²) in [6.45, 7) is 2.17. The number of rotatable bonds is 3. The van der Waals surface area contributed by atoms with Gasteiger partial charge in [0.1, 0.15) is 0 Å². The maximum absolute atomic E-state index is 9.55. The number of carbonyl (C=O) groups is 2. The molecule has 3 N–H and O–H groups in total. The van der Waals surface area contributed by atoms with Crippen LogP contribution in [0.2, 0.25) is 5.02 Å². The Morgan fingerprint density at radius 1 is 1.22 bits per heavy atom. The third kappa shape index (κ3) is 8.02. The first-order valence-corrected chi connectivity index (χ1v) is 7.89. The summed E-state index contributed by atoms with van der Waals surface area (Å²) in [7, 11) is 0. The molecule has 1 aliphatic rings. The van der Waals surface area contributed by atoms with Crippen LogP contribution in [0.3, 0.4) is 0 Å². The Hall–Kier alpha value is -1.56. The molecule has 0 bridgehead atoms. The zero-order valence-corrected chi connectivity index (χ0v) is 14.1. The molecule has 1 aliphatic heterocycles. The Labute approximate surface area is 144 Å². The molecule has 5 nitrogen and oxygen atoms in total. The van der Waals surface area contributed by atoms with Crippen LogP contribution in [0.4, 0.5) is 0 Å². The van der Waals surface area contributed by atoms with Gasteiger partial charge in [-0.25, -0.2) is 9.59 Å². The highest BCUT2D eigenvalue weighted by Gasteiger charge is 2.25. The van der Waals surface area contributed by atoms with Gasteiger partial charge in [-0.05, 0) is 37.5 Å². The number of halogens is 2. The van der Waals surface area contributed by atoms with Crippen LogP contribution in [0.15, 0.2) is 36.4 Å². The first-order valence-electron chi connectivity index (χ1n) is 7.07. The Morgan fingerprint density at radius 3 is 2.30 bits per heavy atom. The summed E-state index contributed by atoms with van der Waals surface area (Å²) in [6, 6.07) is 8.82. The molecule has 0 saturated carbocycles. The van der Waals surface area contributed by atoms with E-state index in [4.69, 9.17) is 33.4 Å². The molecule has 7 heteroatoms.